The van der Waals surface area contributed by atoms with Crippen molar-refractivity contribution in [1.29, 1.82) is 0 Å². The number of hydrogen-bond donors (Lipinski definition) is 1. The summed E-state index contributed by atoms with van der Waals surface area (Å²) in [6.45, 7) is 6.91. The summed E-state index contributed by atoms with van der Waals surface area (Å²) in [5, 5.41) is 9.95. The van der Waals surface area contributed by atoms with Crippen LogP contribution >= 0.6 is 0 Å². The maximum absolute atomic E-state index is 12.0. The highest BCUT2D eigenvalue weighted by molar-refractivity contribution is 5.98. The molecule has 0 saturated carbocycles. The minimum atomic E-state index is -0.991. The second-order valence-electron chi connectivity index (χ2n) is 5.93. The summed E-state index contributed by atoms with van der Waals surface area (Å²) in [4.78, 5) is 25.4. The fourth-order valence-corrected chi connectivity index (χ4v) is 3.02. The lowest BCUT2D eigenvalue weighted by atomic mass is 9.67. The van der Waals surface area contributed by atoms with Gasteiger partial charge in [-0.05, 0) is 34.1 Å². The number of carbonyl (C=O) groups is 2. The van der Waals surface area contributed by atoms with Gasteiger partial charge < -0.3 is 10.0 Å². The number of carbonyl (C=O) groups excluding carboxylic acids is 2. The molecule has 0 aliphatic carbocycles. The van der Waals surface area contributed by atoms with Gasteiger partial charge in [-0.1, -0.05) is 0 Å². The standard InChI is InChI=1S/C12H19NO3/c1-11(2)8(14)6-5-7-9(12(3,4)16)10(15)13(7)11/h7,9,16H,5-6H2,1-4H3/t7-,9-/m1/s1. The number of fused-ring (bicyclic) bond motifs is 1. The van der Waals surface area contributed by atoms with E-state index in [9.17, 15) is 14.7 Å². The molecule has 4 heteroatoms. The monoisotopic (exact) mass is 225 g/mol. The maximum atomic E-state index is 12.0. The molecule has 0 aromatic rings. The van der Waals surface area contributed by atoms with Crippen LogP contribution in [0.2, 0.25) is 0 Å². The molecule has 0 bridgehead atoms. The summed E-state index contributed by atoms with van der Waals surface area (Å²) in [5.41, 5.74) is -1.68. The molecule has 1 amide bonds. The SMILES string of the molecule is CC(C)(O)[C@H]1C(=O)N2[C@@H]1CCC(=O)C2(C)C. The van der Waals surface area contributed by atoms with Crippen molar-refractivity contribution >= 4 is 11.7 Å². The molecule has 2 saturated heterocycles. The predicted molar refractivity (Wildman–Crippen MR) is 58.7 cm³/mol. The van der Waals surface area contributed by atoms with Gasteiger partial charge in [-0.3, -0.25) is 9.59 Å². The maximum Gasteiger partial charge on any atom is 0.231 e. The average Bonchev–Trinajstić information content (AvgIpc) is 2.05. The molecule has 2 atom stereocenters. The smallest absolute Gasteiger partial charge is 0.231 e. The van der Waals surface area contributed by atoms with Crippen LogP contribution in [0.5, 0.6) is 0 Å². The van der Waals surface area contributed by atoms with Gasteiger partial charge in [0.15, 0.2) is 5.78 Å². The Labute approximate surface area is 95.6 Å². The number of hydrogen-bond acceptors (Lipinski definition) is 3. The van der Waals surface area contributed by atoms with Gasteiger partial charge in [-0.25, -0.2) is 0 Å². The number of β-lactam (4-membered cyclic amide) rings is 1. The molecule has 4 nitrogen and oxygen atoms in total. The zero-order valence-electron chi connectivity index (χ0n) is 10.3. The molecular formula is C12H19NO3. The van der Waals surface area contributed by atoms with Crippen molar-refractivity contribution in [1.82, 2.24) is 4.90 Å². The zero-order valence-corrected chi connectivity index (χ0v) is 10.3. The van der Waals surface area contributed by atoms with Crippen LogP contribution in [-0.4, -0.2) is 38.9 Å². The highest BCUT2D eigenvalue weighted by Crippen LogP contribution is 2.45. The Morgan fingerprint density at radius 2 is 1.94 bits per heavy atom. The van der Waals surface area contributed by atoms with Crippen molar-refractivity contribution in [3.8, 4) is 0 Å². The Bertz CT molecular complexity index is 354. The molecule has 0 spiro atoms. The lowest BCUT2D eigenvalue weighted by Gasteiger charge is -2.59. The van der Waals surface area contributed by atoms with E-state index >= 15 is 0 Å². The Hall–Kier alpha value is -0.900. The lowest BCUT2D eigenvalue weighted by Crippen LogP contribution is -2.76. The molecule has 0 aromatic heterocycles. The number of ketones is 1. The number of Topliss-reactive ketones (excluding diaryl/α,β-unsaturated/α-hetero) is 1. The molecule has 0 aromatic carbocycles. The lowest BCUT2D eigenvalue weighted by molar-refractivity contribution is -0.193. The average molecular weight is 225 g/mol. The quantitative estimate of drug-likeness (QED) is 0.669. The molecule has 2 rings (SSSR count). The van der Waals surface area contributed by atoms with Crippen LogP contribution in [0, 0.1) is 5.92 Å². The second-order valence-corrected chi connectivity index (χ2v) is 5.93. The Morgan fingerprint density at radius 3 is 2.44 bits per heavy atom. The van der Waals surface area contributed by atoms with Crippen molar-refractivity contribution in [3.05, 3.63) is 0 Å². The van der Waals surface area contributed by atoms with Crippen LogP contribution in [0.15, 0.2) is 0 Å². The minimum absolute atomic E-state index is 0.0280. The van der Waals surface area contributed by atoms with E-state index in [-0.39, 0.29) is 23.7 Å². The number of aliphatic hydroxyl groups is 1. The number of amides is 1. The van der Waals surface area contributed by atoms with Crippen molar-refractivity contribution in [2.24, 2.45) is 5.92 Å². The van der Waals surface area contributed by atoms with Gasteiger partial charge in [-0.2, -0.15) is 0 Å². The zero-order chi connectivity index (χ0) is 12.3. The van der Waals surface area contributed by atoms with E-state index in [0.29, 0.717) is 12.8 Å². The van der Waals surface area contributed by atoms with Gasteiger partial charge in [0.2, 0.25) is 5.91 Å². The molecule has 0 unspecified atom stereocenters. The summed E-state index contributed by atoms with van der Waals surface area (Å²) >= 11 is 0. The fourth-order valence-electron chi connectivity index (χ4n) is 3.02. The van der Waals surface area contributed by atoms with Crippen molar-refractivity contribution in [2.45, 2.75) is 57.7 Å². The first-order valence-electron chi connectivity index (χ1n) is 5.76. The predicted octanol–water partition coefficient (Wildman–Crippen LogP) is 0.726. The number of rotatable bonds is 1. The first kappa shape index (κ1) is 11.6. The third kappa shape index (κ3) is 1.32. The second kappa shape index (κ2) is 3.06. The highest BCUT2D eigenvalue weighted by Gasteiger charge is 2.61. The topological polar surface area (TPSA) is 57.6 Å². The van der Waals surface area contributed by atoms with E-state index in [1.165, 1.54) is 0 Å². The third-order valence-electron chi connectivity index (χ3n) is 3.93. The minimum Gasteiger partial charge on any atom is -0.390 e. The first-order valence-corrected chi connectivity index (χ1v) is 5.76. The molecular weight excluding hydrogens is 206 g/mol. The normalized spacial score (nSPS) is 33.4. The van der Waals surface area contributed by atoms with Crippen LogP contribution in [0.1, 0.15) is 40.5 Å². The van der Waals surface area contributed by atoms with Gasteiger partial charge in [0.05, 0.1) is 17.1 Å². The van der Waals surface area contributed by atoms with Crippen LogP contribution in [0.3, 0.4) is 0 Å². The van der Waals surface area contributed by atoms with Crippen LogP contribution in [0.25, 0.3) is 0 Å². The van der Waals surface area contributed by atoms with Crippen LogP contribution in [0.4, 0.5) is 0 Å². The van der Waals surface area contributed by atoms with Crippen molar-refractivity contribution < 1.29 is 14.7 Å². The molecule has 2 aliphatic heterocycles. The Balaban J connectivity index is 2.28. The van der Waals surface area contributed by atoms with Gasteiger partial charge in [0.25, 0.3) is 0 Å². The number of nitrogens with zero attached hydrogens (tertiary/aromatic N) is 1. The summed E-state index contributed by atoms with van der Waals surface area (Å²) in [7, 11) is 0. The Kier molecular flexibility index (Phi) is 2.22. The summed E-state index contributed by atoms with van der Waals surface area (Å²) in [5.74, 6) is -0.318. The summed E-state index contributed by atoms with van der Waals surface area (Å²) in [6.07, 6.45) is 1.19. The largest absolute Gasteiger partial charge is 0.390 e. The summed E-state index contributed by atoms with van der Waals surface area (Å²) in [6, 6.07) is 0.0280. The Morgan fingerprint density at radius 1 is 1.38 bits per heavy atom. The van der Waals surface area contributed by atoms with Crippen LogP contribution in [-0.2, 0) is 9.59 Å². The van der Waals surface area contributed by atoms with E-state index < -0.39 is 11.1 Å². The van der Waals surface area contributed by atoms with Gasteiger partial charge >= 0.3 is 0 Å². The molecule has 1 N–H and O–H groups in total. The van der Waals surface area contributed by atoms with Gasteiger partial charge in [-0.15, -0.1) is 0 Å². The van der Waals surface area contributed by atoms with E-state index in [1.54, 1.807) is 32.6 Å². The summed E-state index contributed by atoms with van der Waals surface area (Å²) < 4.78 is 0. The van der Waals surface area contributed by atoms with E-state index in [1.807, 2.05) is 0 Å². The van der Waals surface area contributed by atoms with Crippen molar-refractivity contribution in [3.63, 3.8) is 0 Å². The van der Waals surface area contributed by atoms with E-state index in [2.05, 4.69) is 0 Å². The van der Waals surface area contributed by atoms with Crippen molar-refractivity contribution in [2.75, 3.05) is 0 Å². The number of piperidine rings is 1. The third-order valence-corrected chi connectivity index (χ3v) is 3.93. The fraction of sp³-hybridized carbons (Fsp3) is 0.833. The van der Waals surface area contributed by atoms with Gasteiger partial charge in [0.1, 0.15) is 0 Å². The molecule has 90 valence electrons. The molecule has 2 fully saturated rings. The molecule has 2 aliphatic rings. The van der Waals surface area contributed by atoms with E-state index in [4.69, 9.17) is 0 Å². The highest BCUT2D eigenvalue weighted by atomic mass is 16.3. The molecule has 0 radical (unpaired) electrons. The molecule has 2 heterocycles. The van der Waals surface area contributed by atoms with E-state index in [0.717, 1.165) is 0 Å². The molecule has 16 heavy (non-hydrogen) atoms. The van der Waals surface area contributed by atoms with Gasteiger partial charge in [0, 0.05) is 12.5 Å². The van der Waals surface area contributed by atoms with Crippen LogP contribution < -0.4 is 0 Å². The first-order chi connectivity index (χ1) is 7.17.